The molecule has 0 unspecified atom stereocenters. The normalized spacial score (nSPS) is 15.9. The SMILES string of the molecule is CCOc1ccccc1N=Cc1ccn(C2CCCC2)c1. The lowest BCUT2D eigenvalue weighted by atomic mass is 10.2. The Hall–Kier alpha value is -2.03. The van der Waals surface area contributed by atoms with Gasteiger partial charge in [-0.05, 0) is 38.0 Å². The molecule has 0 aliphatic heterocycles. The average Bonchev–Trinajstić information content (AvgIpc) is 3.18. The van der Waals surface area contributed by atoms with E-state index in [9.17, 15) is 0 Å². The molecular formula is C18H22N2O. The van der Waals surface area contributed by atoms with Crippen molar-refractivity contribution in [3.8, 4) is 5.75 Å². The monoisotopic (exact) mass is 282 g/mol. The zero-order chi connectivity index (χ0) is 14.5. The van der Waals surface area contributed by atoms with Crippen molar-refractivity contribution in [3.05, 3.63) is 48.3 Å². The van der Waals surface area contributed by atoms with E-state index in [-0.39, 0.29) is 0 Å². The number of para-hydroxylation sites is 2. The predicted octanol–water partition coefficient (Wildman–Crippen LogP) is 4.75. The molecule has 2 aromatic rings. The van der Waals surface area contributed by atoms with Gasteiger partial charge in [0.25, 0.3) is 0 Å². The first-order chi connectivity index (χ1) is 10.4. The highest BCUT2D eigenvalue weighted by Crippen LogP contribution is 2.30. The maximum Gasteiger partial charge on any atom is 0.144 e. The highest BCUT2D eigenvalue weighted by Gasteiger charge is 2.15. The highest BCUT2D eigenvalue weighted by molar-refractivity contribution is 5.82. The second-order valence-corrected chi connectivity index (χ2v) is 5.49. The quantitative estimate of drug-likeness (QED) is 0.727. The van der Waals surface area contributed by atoms with Crippen molar-refractivity contribution < 1.29 is 4.74 Å². The Labute approximate surface area is 126 Å². The second kappa shape index (κ2) is 6.61. The molecule has 0 atom stereocenters. The number of aromatic nitrogens is 1. The van der Waals surface area contributed by atoms with Gasteiger partial charge in [0.2, 0.25) is 0 Å². The van der Waals surface area contributed by atoms with Crippen LogP contribution >= 0.6 is 0 Å². The van der Waals surface area contributed by atoms with Gasteiger partial charge >= 0.3 is 0 Å². The minimum Gasteiger partial charge on any atom is -0.492 e. The van der Waals surface area contributed by atoms with Crippen molar-refractivity contribution in [3.63, 3.8) is 0 Å². The first-order valence-electron chi connectivity index (χ1n) is 7.80. The summed E-state index contributed by atoms with van der Waals surface area (Å²) >= 11 is 0. The number of rotatable bonds is 5. The smallest absolute Gasteiger partial charge is 0.144 e. The van der Waals surface area contributed by atoms with E-state index in [4.69, 9.17) is 4.74 Å². The molecule has 3 nitrogen and oxygen atoms in total. The number of hydrogen-bond donors (Lipinski definition) is 0. The molecule has 1 aliphatic carbocycles. The molecule has 1 aliphatic rings. The third-order valence-electron chi connectivity index (χ3n) is 4.00. The minimum atomic E-state index is 0.657. The van der Waals surface area contributed by atoms with E-state index in [1.807, 2.05) is 37.4 Å². The fourth-order valence-corrected chi connectivity index (χ4v) is 2.92. The standard InChI is InChI=1S/C18H22N2O/c1-2-21-18-10-6-5-9-17(18)19-13-15-11-12-20(14-15)16-7-3-4-8-16/h5-6,9-14,16H,2-4,7-8H2,1H3. The molecule has 110 valence electrons. The Morgan fingerprint density at radius 1 is 1.24 bits per heavy atom. The molecule has 1 aromatic carbocycles. The largest absolute Gasteiger partial charge is 0.492 e. The number of nitrogens with zero attached hydrogens (tertiary/aromatic N) is 2. The van der Waals surface area contributed by atoms with Crippen LogP contribution in [-0.2, 0) is 0 Å². The number of hydrogen-bond acceptors (Lipinski definition) is 2. The maximum absolute atomic E-state index is 5.59. The molecule has 0 saturated heterocycles. The summed E-state index contributed by atoms with van der Waals surface area (Å²) in [5.74, 6) is 0.839. The van der Waals surface area contributed by atoms with Crippen molar-refractivity contribution in [2.45, 2.75) is 38.6 Å². The zero-order valence-corrected chi connectivity index (χ0v) is 12.5. The fourth-order valence-electron chi connectivity index (χ4n) is 2.92. The minimum absolute atomic E-state index is 0.657. The summed E-state index contributed by atoms with van der Waals surface area (Å²) in [6, 6.07) is 10.7. The van der Waals surface area contributed by atoms with Gasteiger partial charge in [0.05, 0.1) is 6.61 Å². The Balaban J connectivity index is 1.74. The van der Waals surface area contributed by atoms with Gasteiger partial charge in [-0.3, -0.25) is 4.99 Å². The average molecular weight is 282 g/mol. The molecule has 0 amide bonds. The Morgan fingerprint density at radius 2 is 2.05 bits per heavy atom. The van der Waals surface area contributed by atoms with E-state index in [0.29, 0.717) is 12.6 Å². The van der Waals surface area contributed by atoms with Crippen LogP contribution in [0.4, 0.5) is 5.69 Å². The van der Waals surface area contributed by atoms with Crippen LogP contribution in [0.15, 0.2) is 47.7 Å². The summed E-state index contributed by atoms with van der Waals surface area (Å²) in [5, 5.41) is 0. The fraction of sp³-hybridized carbons (Fsp3) is 0.389. The highest BCUT2D eigenvalue weighted by atomic mass is 16.5. The summed E-state index contributed by atoms with van der Waals surface area (Å²) in [6.45, 7) is 2.65. The molecule has 1 fully saturated rings. The first-order valence-corrected chi connectivity index (χ1v) is 7.80. The molecule has 1 saturated carbocycles. The zero-order valence-electron chi connectivity index (χ0n) is 12.5. The van der Waals surface area contributed by atoms with E-state index < -0.39 is 0 Å². The lowest BCUT2D eigenvalue weighted by Gasteiger charge is -2.10. The van der Waals surface area contributed by atoms with Crippen LogP contribution in [0.3, 0.4) is 0 Å². The first kappa shape index (κ1) is 13.9. The van der Waals surface area contributed by atoms with Crippen LogP contribution in [0, 0.1) is 0 Å². The summed E-state index contributed by atoms with van der Waals surface area (Å²) < 4.78 is 7.93. The van der Waals surface area contributed by atoms with Gasteiger partial charge < -0.3 is 9.30 Å². The van der Waals surface area contributed by atoms with Gasteiger partial charge in [0, 0.05) is 30.2 Å². The van der Waals surface area contributed by atoms with Crippen LogP contribution in [-0.4, -0.2) is 17.4 Å². The topological polar surface area (TPSA) is 26.5 Å². The van der Waals surface area contributed by atoms with Crippen molar-refractivity contribution in [1.82, 2.24) is 4.57 Å². The summed E-state index contributed by atoms with van der Waals surface area (Å²) in [4.78, 5) is 4.57. The van der Waals surface area contributed by atoms with Crippen LogP contribution < -0.4 is 4.74 Å². The van der Waals surface area contributed by atoms with Gasteiger partial charge in [-0.1, -0.05) is 25.0 Å². The molecule has 0 radical (unpaired) electrons. The molecule has 1 aromatic heterocycles. The molecular weight excluding hydrogens is 260 g/mol. The molecule has 0 spiro atoms. The predicted molar refractivity (Wildman–Crippen MR) is 86.8 cm³/mol. The summed E-state index contributed by atoms with van der Waals surface area (Å²) in [5.41, 5.74) is 2.03. The summed E-state index contributed by atoms with van der Waals surface area (Å²) in [7, 11) is 0. The summed E-state index contributed by atoms with van der Waals surface area (Å²) in [6.07, 6.45) is 11.6. The van der Waals surface area contributed by atoms with E-state index in [1.54, 1.807) is 0 Å². The third kappa shape index (κ3) is 3.35. The van der Waals surface area contributed by atoms with Crippen molar-refractivity contribution >= 4 is 11.9 Å². The molecule has 0 bridgehead atoms. The molecule has 21 heavy (non-hydrogen) atoms. The van der Waals surface area contributed by atoms with E-state index in [0.717, 1.165) is 17.0 Å². The van der Waals surface area contributed by atoms with E-state index in [2.05, 4.69) is 28.0 Å². The van der Waals surface area contributed by atoms with Gasteiger partial charge in [0.1, 0.15) is 11.4 Å². The molecule has 3 heteroatoms. The number of aliphatic imine (C=N–C) groups is 1. The van der Waals surface area contributed by atoms with Gasteiger partial charge in [-0.15, -0.1) is 0 Å². The number of ether oxygens (including phenoxy) is 1. The van der Waals surface area contributed by atoms with Gasteiger partial charge in [0.15, 0.2) is 0 Å². The van der Waals surface area contributed by atoms with Gasteiger partial charge in [-0.2, -0.15) is 0 Å². The molecule has 0 N–H and O–H groups in total. The Kier molecular flexibility index (Phi) is 4.39. The molecule has 3 rings (SSSR count). The Morgan fingerprint density at radius 3 is 2.86 bits per heavy atom. The van der Waals surface area contributed by atoms with E-state index >= 15 is 0 Å². The number of benzene rings is 1. The van der Waals surface area contributed by atoms with Crippen LogP contribution in [0.2, 0.25) is 0 Å². The van der Waals surface area contributed by atoms with Crippen molar-refractivity contribution in [2.24, 2.45) is 4.99 Å². The lowest BCUT2D eigenvalue weighted by molar-refractivity contribution is 0.341. The van der Waals surface area contributed by atoms with Crippen LogP contribution in [0.25, 0.3) is 0 Å². The van der Waals surface area contributed by atoms with Gasteiger partial charge in [-0.25, -0.2) is 0 Å². The van der Waals surface area contributed by atoms with Crippen molar-refractivity contribution in [2.75, 3.05) is 6.61 Å². The lowest BCUT2D eigenvalue weighted by Crippen LogP contribution is -2.00. The Bertz CT molecular complexity index is 609. The van der Waals surface area contributed by atoms with Crippen molar-refractivity contribution in [1.29, 1.82) is 0 Å². The maximum atomic E-state index is 5.59. The van der Waals surface area contributed by atoms with Crippen LogP contribution in [0.5, 0.6) is 5.75 Å². The third-order valence-corrected chi connectivity index (χ3v) is 4.00. The van der Waals surface area contributed by atoms with E-state index in [1.165, 1.54) is 25.7 Å². The van der Waals surface area contributed by atoms with Crippen LogP contribution in [0.1, 0.15) is 44.2 Å². The molecule has 1 heterocycles. The second-order valence-electron chi connectivity index (χ2n) is 5.49.